The topological polar surface area (TPSA) is 101 Å². The average Bonchev–Trinajstić information content (AvgIpc) is 3.35. The number of carboxylic acid groups (broad SMARTS) is 1. The van der Waals surface area contributed by atoms with Crippen molar-refractivity contribution in [3.63, 3.8) is 0 Å². The van der Waals surface area contributed by atoms with Crippen LogP contribution < -0.4 is 4.74 Å². The average molecular weight is 484 g/mol. The van der Waals surface area contributed by atoms with E-state index in [-0.39, 0.29) is 22.9 Å². The maximum atomic E-state index is 13.3. The molecular weight excluding hydrogens is 465 g/mol. The minimum atomic E-state index is -3.94. The van der Waals surface area contributed by atoms with E-state index < -0.39 is 38.6 Å². The van der Waals surface area contributed by atoms with Crippen molar-refractivity contribution in [2.75, 3.05) is 6.54 Å². The highest BCUT2D eigenvalue weighted by Crippen LogP contribution is 2.44. The highest BCUT2D eigenvalue weighted by molar-refractivity contribution is 7.92. The highest BCUT2D eigenvalue weighted by Gasteiger charge is 2.58. The molecule has 1 aliphatic carbocycles. The summed E-state index contributed by atoms with van der Waals surface area (Å²) in [7, 11) is -3.94. The summed E-state index contributed by atoms with van der Waals surface area (Å²) in [6, 6.07) is 11.2. The van der Waals surface area contributed by atoms with Gasteiger partial charge in [-0.25, -0.2) is 13.2 Å². The van der Waals surface area contributed by atoms with Crippen LogP contribution in [-0.2, 0) is 19.4 Å². The number of sulfone groups is 1. The van der Waals surface area contributed by atoms with Crippen LogP contribution in [0.1, 0.15) is 19.3 Å². The van der Waals surface area contributed by atoms with Crippen LogP contribution in [0.3, 0.4) is 0 Å². The van der Waals surface area contributed by atoms with E-state index >= 15 is 0 Å². The Morgan fingerprint density at radius 1 is 1.06 bits per heavy atom. The highest BCUT2D eigenvalue weighted by atomic mass is 35.5. The van der Waals surface area contributed by atoms with Gasteiger partial charge in [-0.1, -0.05) is 35.3 Å². The van der Waals surface area contributed by atoms with Crippen LogP contribution in [0.4, 0.5) is 0 Å². The number of hydrogen-bond donors (Lipinski definition) is 1. The Hall–Kier alpha value is -2.29. The molecule has 0 radical (unpaired) electrons. The second kappa shape index (κ2) is 8.00. The van der Waals surface area contributed by atoms with Crippen LogP contribution in [0.15, 0.2) is 53.4 Å². The minimum Gasteiger partial charge on any atom is -0.480 e. The molecule has 1 saturated carbocycles. The minimum absolute atomic E-state index is 0.0592. The number of benzene rings is 2. The number of nitrogens with zero attached hydrogens (tertiary/aromatic N) is 1. The Bertz CT molecular complexity index is 1130. The van der Waals surface area contributed by atoms with Crippen LogP contribution in [0, 0.1) is 0 Å². The molecule has 0 unspecified atom stereocenters. The van der Waals surface area contributed by atoms with Crippen molar-refractivity contribution in [1.29, 1.82) is 0 Å². The van der Waals surface area contributed by atoms with Gasteiger partial charge in [0.1, 0.15) is 11.8 Å². The first-order valence-electron chi connectivity index (χ1n) is 9.61. The fourth-order valence-electron chi connectivity index (χ4n) is 3.80. The van der Waals surface area contributed by atoms with Gasteiger partial charge in [0.25, 0.3) is 5.91 Å². The van der Waals surface area contributed by atoms with Gasteiger partial charge in [0.2, 0.25) is 0 Å². The van der Waals surface area contributed by atoms with E-state index in [9.17, 15) is 23.1 Å². The third-order valence-corrected chi connectivity index (χ3v) is 8.49. The van der Waals surface area contributed by atoms with Gasteiger partial charge < -0.3 is 14.7 Å². The Morgan fingerprint density at radius 3 is 2.29 bits per heavy atom. The monoisotopic (exact) mass is 483 g/mol. The smallest absolute Gasteiger partial charge is 0.326 e. The number of likely N-dealkylation sites (tertiary alicyclic amines) is 1. The van der Waals surface area contributed by atoms with Gasteiger partial charge in [-0.15, -0.1) is 0 Å². The van der Waals surface area contributed by atoms with E-state index in [0.717, 1.165) is 4.90 Å². The second-order valence-electron chi connectivity index (χ2n) is 7.69. The lowest BCUT2D eigenvalue weighted by molar-refractivity contribution is -0.152. The summed E-state index contributed by atoms with van der Waals surface area (Å²) in [5.41, 5.74) is -1.19. The number of amides is 1. The Morgan fingerprint density at radius 2 is 1.71 bits per heavy atom. The van der Waals surface area contributed by atoms with E-state index in [1.54, 1.807) is 36.4 Å². The van der Waals surface area contributed by atoms with Gasteiger partial charge in [-0.2, -0.15) is 0 Å². The van der Waals surface area contributed by atoms with Crippen LogP contribution >= 0.6 is 23.2 Å². The number of carbonyl (C=O) groups is 2. The first-order valence-corrected chi connectivity index (χ1v) is 11.9. The number of carboxylic acids is 1. The molecule has 4 rings (SSSR count). The lowest BCUT2D eigenvalue weighted by atomic mass is 10.2. The van der Waals surface area contributed by atoms with Crippen molar-refractivity contribution in [3.05, 3.63) is 58.6 Å². The van der Waals surface area contributed by atoms with E-state index in [1.165, 1.54) is 12.1 Å². The van der Waals surface area contributed by atoms with E-state index in [1.807, 2.05) is 0 Å². The van der Waals surface area contributed by atoms with Crippen molar-refractivity contribution >= 4 is 44.9 Å². The summed E-state index contributed by atoms with van der Waals surface area (Å²) in [5, 5.41) is 9.17. The summed E-state index contributed by atoms with van der Waals surface area (Å²) in [6.45, 7) is -0.241. The lowest BCUT2D eigenvalue weighted by Crippen LogP contribution is -2.48. The number of rotatable bonds is 6. The molecule has 10 heteroatoms. The van der Waals surface area contributed by atoms with Crippen LogP contribution in [0.5, 0.6) is 5.75 Å². The van der Waals surface area contributed by atoms with Gasteiger partial charge >= 0.3 is 5.97 Å². The summed E-state index contributed by atoms with van der Waals surface area (Å²) in [6.07, 6.45) is 0.615. The molecule has 1 heterocycles. The van der Waals surface area contributed by atoms with Gasteiger partial charge in [0.05, 0.1) is 15.2 Å². The Kier molecular flexibility index (Phi) is 5.66. The molecule has 0 aromatic heterocycles. The SMILES string of the molecule is O=C(O)[C@@H]1C[C@@H](S(=O)(=O)c2ccccc2Cl)CN1C(=O)C1(Oc2ccc(Cl)cc2)CC1. The third kappa shape index (κ3) is 4.12. The molecule has 0 spiro atoms. The van der Waals surface area contributed by atoms with Gasteiger partial charge in [0.15, 0.2) is 15.4 Å². The molecule has 1 aliphatic heterocycles. The maximum absolute atomic E-state index is 13.3. The van der Waals surface area contributed by atoms with Crippen LogP contribution in [-0.4, -0.2) is 53.7 Å². The Balaban J connectivity index is 1.59. The molecular formula is C21H19Cl2NO6S. The number of carbonyl (C=O) groups excluding carboxylic acids is 1. The zero-order chi connectivity index (χ0) is 22.4. The normalized spacial score (nSPS) is 22.2. The summed E-state index contributed by atoms with van der Waals surface area (Å²) < 4.78 is 32.1. The molecule has 2 fully saturated rings. The summed E-state index contributed by atoms with van der Waals surface area (Å²) in [5.74, 6) is -1.35. The Labute approximate surface area is 189 Å². The zero-order valence-electron chi connectivity index (χ0n) is 16.2. The predicted octanol–water partition coefficient (Wildman–Crippen LogP) is 3.43. The maximum Gasteiger partial charge on any atom is 0.326 e. The molecule has 0 bridgehead atoms. The van der Waals surface area contributed by atoms with Gasteiger partial charge in [-0.05, 0) is 42.8 Å². The number of ether oxygens (including phenoxy) is 1. The first-order chi connectivity index (χ1) is 14.6. The van der Waals surface area contributed by atoms with Crippen molar-refractivity contribution in [2.24, 2.45) is 0 Å². The molecule has 31 heavy (non-hydrogen) atoms. The largest absolute Gasteiger partial charge is 0.480 e. The molecule has 2 atom stereocenters. The predicted molar refractivity (Wildman–Crippen MR) is 114 cm³/mol. The van der Waals surface area contributed by atoms with E-state index in [2.05, 4.69) is 0 Å². The quantitative estimate of drug-likeness (QED) is 0.675. The molecule has 164 valence electrons. The van der Waals surface area contributed by atoms with Crippen molar-refractivity contribution < 1.29 is 27.9 Å². The van der Waals surface area contributed by atoms with E-state index in [4.69, 9.17) is 27.9 Å². The first kappa shape index (κ1) is 21.9. The van der Waals surface area contributed by atoms with Crippen molar-refractivity contribution in [1.82, 2.24) is 4.90 Å². The van der Waals surface area contributed by atoms with Crippen LogP contribution in [0.25, 0.3) is 0 Å². The van der Waals surface area contributed by atoms with Gasteiger partial charge in [-0.3, -0.25) is 4.79 Å². The summed E-state index contributed by atoms with van der Waals surface area (Å²) >= 11 is 11.9. The molecule has 2 aliphatic rings. The molecule has 1 N–H and O–H groups in total. The third-order valence-electron chi connectivity index (χ3n) is 5.61. The molecule has 2 aromatic rings. The molecule has 7 nitrogen and oxygen atoms in total. The fraction of sp³-hybridized carbons (Fsp3) is 0.333. The van der Waals surface area contributed by atoms with E-state index in [0.29, 0.717) is 23.6 Å². The lowest BCUT2D eigenvalue weighted by Gasteiger charge is -2.27. The molecule has 2 aromatic carbocycles. The van der Waals surface area contributed by atoms with Crippen LogP contribution in [0.2, 0.25) is 10.0 Å². The zero-order valence-corrected chi connectivity index (χ0v) is 18.5. The second-order valence-corrected chi connectivity index (χ2v) is 10.7. The number of hydrogen-bond acceptors (Lipinski definition) is 5. The number of aliphatic carboxylic acids is 1. The summed E-state index contributed by atoms with van der Waals surface area (Å²) in [4.78, 5) is 26.2. The number of halogens is 2. The molecule has 1 amide bonds. The fourth-order valence-corrected chi connectivity index (χ4v) is 6.14. The van der Waals surface area contributed by atoms with Gasteiger partial charge in [0, 0.05) is 24.4 Å². The van der Waals surface area contributed by atoms with Crippen molar-refractivity contribution in [3.8, 4) is 5.75 Å². The van der Waals surface area contributed by atoms with Crippen molar-refractivity contribution in [2.45, 2.75) is 41.1 Å². The molecule has 1 saturated heterocycles. The standard InChI is InChI=1S/C21H19Cl2NO6S/c22-13-5-7-14(8-6-13)30-21(9-10-21)20(27)24-12-15(11-17(24)19(25)26)31(28,29)18-4-2-1-3-16(18)23/h1-8,15,17H,9-12H2,(H,25,26)/t15-,17+/m1/s1.